The van der Waals surface area contributed by atoms with Gasteiger partial charge in [0.15, 0.2) is 5.82 Å². The molecule has 1 aromatic carbocycles. The summed E-state index contributed by atoms with van der Waals surface area (Å²) in [6, 6.07) is 6.12. The summed E-state index contributed by atoms with van der Waals surface area (Å²) >= 11 is 0. The molecule has 1 aliphatic heterocycles. The number of rotatable bonds is 5. The van der Waals surface area contributed by atoms with Gasteiger partial charge in [-0.1, -0.05) is 26.0 Å². The van der Waals surface area contributed by atoms with Crippen molar-refractivity contribution in [1.29, 1.82) is 0 Å². The highest BCUT2D eigenvalue weighted by Crippen LogP contribution is 2.30. The molecule has 0 N–H and O–H groups in total. The largest absolute Gasteiger partial charge is 0.342 e. The molecule has 0 unspecified atom stereocenters. The maximum Gasteiger partial charge on any atom is 0.227 e. The van der Waals surface area contributed by atoms with Crippen LogP contribution in [0.15, 0.2) is 49.1 Å². The second kappa shape index (κ2) is 8.73. The van der Waals surface area contributed by atoms with E-state index in [9.17, 15) is 9.18 Å². The predicted molar refractivity (Wildman–Crippen MR) is 112 cm³/mol. The van der Waals surface area contributed by atoms with Crippen LogP contribution in [-0.4, -0.2) is 43.4 Å². The number of halogens is 1. The van der Waals surface area contributed by atoms with Gasteiger partial charge in [-0.3, -0.25) is 14.3 Å². The number of aromatic nitrogens is 4. The number of carbonyl (C=O) groups excluding carboxylic acids is 1. The second-order valence-corrected chi connectivity index (χ2v) is 8.06. The monoisotopic (exact) mass is 407 g/mol. The molecule has 0 bridgehead atoms. The zero-order valence-electron chi connectivity index (χ0n) is 17.3. The van der Waals surface area contributed by atoms with E-state index < -0.39 is 0 Å². The van der Waals surface area contributed by atoms with Gasteiger partial charge in [0.25, 0.3) is 0 Å². The molecule has 7 heteroatoms. The number of piperidine rings is 1. The van der Waals surface area contributed by atoms with Gasteiger partial charge in [-0.25, -0.2) is 14.4 Å². The minimum Gasteiger partial charge on any atom is -0.342 e. The lowest BCUT2D eigenvalue weighted by Crippen LogP contribution is -2.40. The summed E-state index contributed by atoms with van der Waals surface area (Å²) < 4.78 is 15.1. The van der Waals surface area contributed by atoms with Crippen LogP contribution in [-0.2, 0) is 11.2 Å². The van der Waals surface area contributed by atoms with Crippen molar-refractivity contribution in [3.05, 3.63) is 72.0 Å². The Bertz CT molecular complexity index is 1010. The Hall–Kier alpha value is -3.09. The SMILES string of the molecule is CC(C)c1nccn1-c1nccnc1[C@@H]1CCCN(C(=O)Cc2ccc(F)cc2)C1. The Morgan fingerprint density at radius 1 is 1.13 bits per heavy atom. The average molecular weight is 407 g/mol. The van der Waals surface area contributed by atoms with Crippen molar-refractivity contribution in [3.63, 3.8) is 0 Å². The summed E-state index contributed by atoms with van der Waals surface area (Å²) in [5.41, 5.74) is 1.72. The Balaban J connectivity index is 1.54. The van der Waals surface area contributed by atoms with Crippen LogP contribution in [0.4, 0.5) is 4.39 Å². The Labute approximate surface area is 175 Å². The number of imidazole rings is 1. The van der Waals surface area contributed by atoms with Gasteiger partial charge in [0, 0.05) is 49.7 Å². The summed E-state index contributed by atoms with van der Waals surface area (Å²) in [6.45, 7) is 5.54. The van der Waals surface area contributed by atoms with E-state index in [1.54, 1.807) is 30.7 Å². The molecule has 4 rings (SSSR count). The summed E-state index contributed by atoms with van der Waals surface area (Å²) in [4.78, 5) is 28.5. The topological polar surface area (TPSA) is 63.9 Å². The van der Waals surface area contributed by atoms with Crippen molar-refractivity contribution in [1.82, 2.24) is 24.4 Å². The third-order valence-corrected chi connectivity index (χ3v) is 5.55. The average Bonchev–Trinajstić information content (AvgIpc) is 3.26. The number of benzene rings is 1. The Morgan fingerprint density at radius 2 is 1.90 bits per heavy atom. The molecule has 156 valence electrons. The molecule has 0 saturated carbocycles. The minimum atomic E-state index is -0.292. The lowest BCUT2D eigenvalue weighted by Gasteiger charge is -2.33. The van der Waals surface area contributed by atoms with E-state index in [1.807, 2.05) is 15.7 Å². The van der Waals surface area contributed by atoms with Gasteiger partial charge in [-0.2, -0.15) is 0 Å². The molecule has 0 spiro atoms. The number of amides is 1. The maximum atomic E-state index is 13.1. The number of hydrogen-bond donors (Lipinski definition) is 0. The first-order valence-corrected chi connectivity index (χ1v) is 10.4. The van der Waals surface area contributed by atoms with Gasteiger partial charge in [-0.15, -0.1) is 0 Å². The second-order valence-electron chi connectivity index (χ2n) is 8.06. The van der Waals surface area contributed by atoms with E-state index in [0.29, 0.717) is 6.54 Å². The molecule has 6 nitrogen and oxygen atoms in total. The molecule has 0 radical (unpaired) electrons. The van der Waals surface area contributed by atoms with Gasteiger partial charge in [0.05, 0.1) is 12.1 Å². The highest BCUT2D eigenvalue weighted by Gasteiger charge is 2.28. The molecule has 30 heavy (non-hydrogen) atoms. The fraction of sp³-hybridized carbons (Fsp3) is 0.391. The van der Waals surface area contributed by atoms with Crippen LogP contribution >= 0.6 is 0 Å². The fourth-order valence-corrected chi connectivity index (χ4v) is 4.05. The van der Waals surface area contributed by atoms with Crippen molar-refractivity contribution in [2.75, 3.05) is 13.1 Å². The van der Waals surface area contributed by atoms with E-state index >= 15 is 0 Å². The van der Waals surface area contributed by atoms with Crippen LogP contribution in [0.5, 0.6) is 0 Å². The van der Waals surface area contributed by atoms with Crippen molar-refractivity contribution < 1.29 is 9.18 Å². The van der Waals surface area contributed by atoms with Crippen LogP contribution in [0.2, 0.25) is 0 Å². The van der Waals surface area contributed by atoms with Gasteiger partial charge in [0.1, 0.15) is 11.6 Å². The van der Waals surface area contributed by atoms with Crippen LogP contribution in [0.1, 0.15) is 55.6 Å². The summed E-state index contributed by atoms with van der Waals surface area (Å²) in [5, 5.41) is 0. The number of nitrogens with zero attached hydrogens (tertiary/aromatic N) is 5. The van der Waals surface area contributed by atoms with Gasteiger partial charge >= 0.3 is 0 Å². The van der Waals surface area contributed by atoms with Crippen LogP contribution in [0.3, 0.4) is 0 Å². The van der Waals surface area contributed by atoms with E-state index in [1.165, 1.54) is 12.1 Å². The van der Waals surface area contributed by atoms with Crippen molar-refractivity contribution in [2.24, 2.45) is 0 Å². The third kappa shape index (κ3) is 4.25. The predicted octanol–water partition coefficient (Wildman–Crippen LogP) is 3.87. The zero-order valence-corrected chi connectivity index (χ0v) is 17.3. The van der Waals surface area contributed by atoms with Crippen LogP contribution in [0.25, 0.3) is 5.82 Å². The summed E-state index contributed by atoms with van der Waals surface area (Å²) in [7, 11) is 0. The molecule has 1 fully saturated rings. The standard InChI is InChI=1S/C23H26FN5O/c1-16(2)22-27-11-13-29(22)23-21(25-9-10-26-23)18-4-3-12-28(15-18)20(30)14-17-5-7-19(24)8-6-17/h5-11,13,16,18H,3-4,12,14-15H2,1-2H3/t18-/m1/s1. The normalized spacial score (nSPS) is 16.8. The first-order valence-electron chi connectivity index (χ1n) is 10.4. The molecule has 0 aliphatic carbocycles. The van der Waals surface area contributed by atoms with Crippen LogP contribution < -0.4 is 0 Å². The highest BCUT2D eigenvalue weighted by atomic mass is 19.1. The summed E-state index contributed by atoms with van der Waals surface area (Å²) in [6.07, 6.45) is 9.26. The van der Waals surface area contributed by atoms with E-state index in [4.69, 9.17) is 0 Å². The first kappa shape index (κ1) is 20.2. The van der Waals surface area contributed by atoms with Crippen molar-refractivity contribution >= 4 is 5.91 Å². The highest BCUT2D eigenvalue weighted by molar-refractivity contribution is 5.79. The van der Waals surface area contributed by atoms with Gasteiger partial charge in [0.2, 0.25) is 5.91 Å². The van der Waals surface area contributed by atoms with Crippen molar-refractivity contribution in [3.8, 4) is 5.82 Å². The summed E-state index contributed by atoms with van der Waals surface area (Å²) in [5.74, 6) is 1.87. The van der Waals surface area contributed by atoms with E-state index in [-0.39, 0.29) is 30.0 Å². The third-order valence-electron chi connectivity index (χ3n) is 5.55. The fourth-order valence-electron chi connectivity index (χ4n) is 4.05. The van der Waals surface area contributed by atoms with Gasteiger partial charge in [-0.05, 0) is 30.5 Å². The zero-order chi connectivity index (χ0) is 21.1. The lowest BCUT2D eigenvalue weighted by atomic mass is 9.93. The first-order chi connectivity index (χ1) is 14.5. The smallest absolute Gasteiger partial charge is 0.227 e. The van der Waals surface area contributed by atoms with Gasteiger partial charge < -0.3 is 4.90 Å². The minimum absolute atomic E-state index is 0.0576. The van der Waals surface area contributed by atoms with E-state index in [0.717, 1.165) is 42.3 Å². The Kier molecular flexibility index (Phi) is 5.88. The molecule has 3 aromatic rings. The number of hydrogen-bond acceptors (Lipinski definition) is 4. The molecule has 1 amide bonds. The molecule has 3 heterocycles. The molecule has 1 aliphatic rings. The lowest BCUT2D eigenvalue weighted by molar-refractivity contribution is -0.131. The molecule has 2 aromatic heterocycles. The molecule has 1 atom stereocenters. The number of likely N-dealkylation sites (tertiary alicyclic amines) is 1. The van der Waals surface area contributed by atoms with Crippen molar-refractivity contribution in [2.45, 2.75) is 44.9 Å². The van der Waals surface area contributed by atoms with Crippen LogP contribution in [0, 0.1) is 5.82 Å². The molecule has 1 saturated heterocycles. The van der Waals surface area contributed by atoms with E-state index in [2.05, 4.69) is 28.8 Å². The quantitative estimate of drug-likeness (QED) is 0.644. The maximum absolute atomic E-state index is 13.1. The molecular formula is C23H26FN5O. The Morgan fingerprint density at radius 3 is 2.67 bits per heavy atom. The molecular weight excluding hydrogens is 381 g/mol. The number of carbonyl (C=O) groups is 1.